The molecule has 0 bridgehead atoms. The third-order valence-corrected chi connectivity index (χ3v) is 13.0. The number of aromatic nitrogens is 3. The van der Waals surface area contributed by atoms with E-state index in [1.54, 1.807) is 0 Å². The average molecular weight is 770 g/mol. The van der Waals surface area contributed by atoms with Crippen molar-refractivity contribution in [2.45, 2.75) is 38.5 Å². The van der Waals surface area contributed by atoms with E-state index in [4.69, 9.17) is 15.0 Å². The van der Waals surface area contributed by atoms with E-state index in [9.17, 15) is 0 Å². The third kappa shape index (κ3) is 5.84. The van der Waals surface area contributed by atoms with Crippen molar-refractivity contribution in [2.24, 2.45) is 0 Å². The fraction of sp³-hybridized carbons (Fsp3) is 0.105. The fourth-order valence-electron chi connectivity index (χ4n) is 9.59. The first-order valence-corrected chi connectivity index (χ1v) is 20.8. The van der Waals surface area contributed by atoms with E-state index in [0.29, 0.717) is 17.5 Å². The molecule has 8 aromatic carbocycles. The van der Waals surface area contributed by atoms with Gasteiger partial charge in [0.25, 0.3) is 0 Å². The summed E-state index contributed by atoms with van der Waals surface area (Å²) in [5.74, 6) is 1.94. The monoisotopic (exact) mass is 769 g/mol. The Morgan fingerprint density at radius 3 is 1.18 bits per heavy atom. The van der Waals surface area contributed by atoms with Gasteiger partial charge in [0.15, 0.2) is 17.5 Å². The SMILES string of the molecule is CC1(C)c2ccccc2-c2cc3c(cc21)-c1ccc(-c2cccc(-c4ccc(-c5nc(-c6ccccc6)nc(-c6ccc(-c7ccccc7)cc6)n5)cc4)c2)cc1C3(C)C. The van der Waals surface area contributed by atoms with Crippen molar-refractivity contribution in [1.82, 2.24) is 15.0 Å². The smallest absolute Gasteiger partial charge is 0.164 e. The molecule has 0 radical (unpaired) electrons. The van der Waals surface area contributed by atoms with Gasteiger partial charge in [0, 0.05) is 27.5 Å². The third-order valence-electron chi connectivity index (χ3n) is 13.0. The summed E-state index contributed by atoms with van der Waals surface area (Å²) in [7, 11) is 0. The van der Waals surface area contributed by atoms with Crippen LogP contribution < -0.4 is 0 Å². The Hall–Kier alpha value is -7.23. The van der Waals surface area contributed by atoms with Crippen LogP contribution in [-0.2, 0) is 10.8 Å². The van der Waals surface area contributed by atoms with Crippen molar-refractivity contribution in [3.8, 4) is 89.8 Å². The van der Waals surface area contributed by atoms with Gasteiger partial charge in [-0.25, -0.2) is 15.0 Å². The molecule has 0 saturated carbocycles. The van der Waals surface area contributed by atoms with E-state index in [2.05, 4.69) is 179 Å². The summed E-state index contributed by atoms with van der Waals surface area (Å²) >= 11 is 0. The van der Waals surface area contributed by atoms with E-state index in [-0.39, 0.29) is 10.8 Å². The number of nitrogens with zero attached hydrogens (tertiary/aromatic N) is 3. The molecule has 11 rings (SSSR count). The predicted octanol–water partition coefficient (Wildman–Crippen LogP) is 14.5. The summed E-state index contributed by atoms with van der Waals surface area (Å²) in [6, 6.07) is 67.5. The highest BCUT2D eigenvalue weighted by molar-refractivity contribution is 5.91. The van der Waals surface area contributed by atoms with Gasteiger partial charge in [0.05, 0.1) is 0 Å². The number of hydrogen-bond acceptors (Lipinski definition) is 3. The lowest BCUT2D eigenvalue weighted by atomic mass is 9.79. The fourth-order valence-corrected chi connectivity index (χ4v) is 9.59. The van der Waals surface area contributed by atoms with Gasteiger partial charge in [-0.3, -0.25) is 0 Å². The summed E-state index contributed by atoms with van der Waals surface area (Å²) in [6.07, 6.45) is 0. The van der Waals surface area contributed by atoms with Crippen molar-refractivity contribution in [3.63, 3.8) is 0 Å². The molecule has 0 N–H and O–H groups in total. The first-order chi connectivity index (χ1) is 29.2. The molecule has 0 spiro atoms. The zero-order chi connectivity index (χ0) is 40.6. The lowest BCUT2D eigenvalue weighted by molar-refractivity contribution is 0.652. The second-order valence-electron chi connectivity index (χ2n) is 17.3. The Morgan fingerprint density at radius 1 is 0.250 bits per heavy atom. The molecule has 2 aliphatic carbocycles. The first kappa shape index (κ1) is 35.9. The van der Waals surface area contributed by atoms with Crippen molar-refractivity contribution in [3.05, 3.63) is 210 Å². The van der Waals surface area contributed by atoms with Crippen LogP contribution in [0.4, 0.5) is 0 Å². The van der Waals surface area contributed by atoms with Crippen molar-refractivity contribution in [1.29, 1.82) is 0 Å². The van der Waals surface area contributed by atoms with Gasteiger partial charge in [0.1, 0.15) is 0 Å². The Labute approximate surface area is 352 Å². The quantitative estimate of drug-likeness (QED) is 0.169. The molecule has 3 nitrogen and oxygen atoms in total. The van der Waals surface area contributed by atoms with Crippen LogP contribution in [0.5, 0.6) is 0 Å². The molecular weight excluding hydrogens is 727 g/mol. The van der Waals surface area contributed by atoms with Gasteiger partial charge in [-0.2, -0.15) is 0 Å². The van der Waals surface area contributed by atoms with Crippen LogP contribution in [0.25, 0.3) is 89.8 Å². The maximum Gasteiger partial charge on any atom is 0.164 e. The molecular formula is C57H43N3. The maximum absolute atomic E-state index is 5.03. The Bertz CT molecular complexity index is 3110. The Kier molecular flexibility index (Phi) is 8.18. The molecule has 60 heavy (non-hydrogen) atoms. The molecule has 1 aromatic heterocycles. The van der Waals surface area contributed by atoms with Gasteiger partial charge in [0.2, 0.25) is 0 Å². The van der Waals surface area contributed by atoms with Gasteiger partial charge in [-0.1, -0.05) is 191 Å². The molecule has 9 aromatic rings. The zero-order valence-corrected chi connectivity index (χ0v) is 34.2. The Morgan fingerprint density at radius 2 is 0.600 bits per heavy atom. The van der Waals surface area contributed by atoms with Gasteiger partial charge < -0.3 is 0 Å². The molecule has 0 amide bonds. The Balaban J connectivity index is 0.907. The minimum absolute atomic E-state index is 0.0261. The molecule has 3 heteroatoms. The number of benzene rings is 8. The predicted molar refractivity (Wildman–Crippen MR) is 248 cm³/mol. The second kappa shape index (κ2) is 13.7. The highest BCUT2D eigenvalue weighted by Crippen LogP contribution is 2.56. The first-order valence-electron chi connectivity index (χ1n) is 20.8. The molecule has 286 valence electrons. The summed E-state index contributed by atoms with van der Waals surface area (Å²) in [5.41, 5.74) is 20.9. The summed E-state index contributed by atoms with van der Waals surface area (Å²) in [5, 5.41) is 0. The van der Waals surface area contributed by atoms with E-state index < -0.39 is 0 Å². The molecule has 0 atom stereocenters. The average Bonchev–Trinajstić information content (AvgIpc) is 3.67. The van der Waals surface area contributed by atoms with Gasteiger partial charge >= 0.3 is 0 Å². The van der Waals surface area contributed by atoms with Crippen molar-refractivity contribution in [2.75, 3.05) is 0 Å². The van der Waals surface area contributed by atoms with Crippen LogP contribution in [-0.4, -0.2) is 15.0 Å². The molecule has 0 aliphatic heterocycles. The summed E-state index contributed by atoms with van der Waals surface area (Å²) in [4.78, 5) is 15.0. The molecule has 1 heterocycles. The van der Waals surface area contributed by atoms with Crippen LogP contribution in [0.1, 0.15) is 49.9 Å². The molecule has 0 unspecified atom stereocenters. The minimum Gasteiger partial charge on any atom is -0.208 e. The highest BCUT2D eigenvalue weighted by Gasteiger charge is 2.41. The number of rotatable bonds is 6. The normalized spacial score (nSPS) is 13.9. The standard InChI is InChI=1S/C57H43N3/c1-56(2)49-21-12-11-20-45(49)47-34-52-48(35-51(47)56)46-31-30-44(33-50(46)57(52,3)4)43-19-13-18-42(32-43)38-24-28-41(29-25-38)55-59-53(39-16-9-6-10-17-39)58-54(60-55)40-26-22-37(23-27-40)36-14-7-5-8-15-36/h5-35H,1-4H3. The number of fused-ring (bicyclic) bond motifs is 6. The van der Waals surface area contributed by atoms with E-state index >= 15 is 0 Å². The lowest BCUT2D eigenvalue weighted by Gasteiger charge is -2.24. The maximum atomic E-state index is 5.03. The van der Waals surface area contributed by atoms with Crippen LogP contribution in [0.15, 0.2) is 188 Å². The van der Waals surface area contributed by atoms with E-state index in [1.165, 1.54) is 66.8 Å². The van der Waals surface area contributed by atoms with E-state index in [1.807, 2.05) is 36.4 Å². The second-order valence-corrected chi connectivity index (χ2v) is 17.3. The topological polar surface area (TPSA) is 38.7 Å². The summed E-state index contributed by atoms with van der Waals surface area (Å²) < 4.78 is 0. The van der Waals surface area contributed by atoms with Gasteiger partial charge in [-0.15, -0.1) is 0 Å². The molecule has 0 saturated heterocycles. The van der Waals surface area contributed by atoms with Crippen LogP contribution in [0.3, 0.4) is 0 Å². The molecule has 0 fully saturated rings. The van der Waals surface area contributed by atoms with Gasteiger partial charge in [-0.05, 0) is 102 Å². The van der Waals surface area contributed by atoms with Crippen molar-refractivity contribution >= 4 is 0 Å². The highest BCUT2D eigenvalue weighted by atomic mass is 15.0. The molecule has 2 aliphatic rings. The number of hydrogen-bond donors (Lipinski definition) is 0. The summed E-state index contributed by atoms with van der Waals surface area (Å²) in [6.45, 7) is 9.51. The zero-order valence-electron chi connectivity index (χ0n) is 34.2. The largest absolute Gasteiger partial charge is 0.208 e. The van der Waals surface area contributed by atoms with Crippen LogP contribution in [0.2, 0.25) is 0 Å². The lowest BCUT2D eigenvalue weighted by Crippen LogP contribution is -2.17. The van der Waals surface area contributed by atoms with E-state index in [0.717, 1.165) is 27.8 Å². The minimum atomic E-state index is -0.119. The van der Waals surface area contributed by atoms with Crippen molar-refractivity contribution < 1.29 is 0 Å². The van der Waals surface area contributed by atoms with Crippen LogP contribution in [0, 0.1) is 0 Å². The van der Waals surface area contributed by atoms with Crippen LogP contribution >= 0.6 is 0 Å².